The van der Waals surface area contributed by atoms with E-state index in [4.69, 9.17) is 4.74 Å². The molecule has 7 nitrogen and oxygen atoms in total. The van der Waals surface area contributed by atoms with E-state index in [0.717, 1.165) is 18.5 Å². The van der Waals surface area contributed by atoms with Gasteiger partial charge < -0.3 is 15.0 Å². The molecular formula is C17H19N5O2. The van der Waals surface area contributed by atoms with Gasteiger partial charge in [-0.2, -0.15) is 0 Å². The fourth-order valence-electron chi connectivity index (χ4n) is 3.32. The first kappa shape index (κ1) is 15.0. The molecule has 4 rings (SSSR count). The molecule has 0 radical (unpaired) electrons. The second-order valence-electron chi connectivity index (χ2n) is 6.34. The highest BCUT2D eigenvalue weighted by Crippen LogP contribution is 2.33. The van der Waals surface area contributed by atoms with Crippen LogP contribution in [-0.4, -0.2) is 46.2 Å². The van der Waals surface area contributed by atoms with Crippen LogP contribution < -0.4 is 10.2 Å². The number of rotatable bonds is 3. The molecule has 2 fully saturated rings. The lowest BCUT2D eigenvalue weighted by Crippen LogP contribution is -2.45. The van der Waals surface area contributed by atoms with E-state index >= 15 is 0 Å². The van der Waals surface area contributed by atoms with E-state index < -0.39 is 0 Å². The molecule has 2 aromatic rings. The van der Waals surface area contributed by atoms with E-state index in [1.54, 1.807) is 18.5 Å². The molecule has 2 bridgehead atoms. The number of aryl methyl sites for hydroxylation is 1. The van der Waals surface area contributed by atoms with Crippen molar-refractivity contribution < 1.29 is 9.53 Å². The first-order valence-corrected chi connectivity index (χ1v) is 8.09. The van der Waals surface area contributed by atoms with Crippen LogP contribution in [0.25, 0.3) is 0 Å². The van der Waals surface area contributed by atoms with Gasteiger partial charge in [0.25, 0.3) is 0 Å². The van der Waals surface area contributed by atoms with Crippen LogP contribution in [0, 0.1) is 12.8 Å². The number of amides is 1. The summed E-state index contributed by atoms with van der Waals surface area (Å²) in [6, 6.07) is 3.63. The van der Waals surface area contributed by atoms with Crippen LogP contribution in [0.5, 0.6) is 0 Å². The van der Waals surface area contributed by atoms with Gasteiger partial charge in [-0.15, -0.1) is 0 Å². The third-order valence-electron chi connectivity index (χ3n) is 4.47. The Kier molecular flexibility index (Phi) is 3.86. The highest BCUT2D eigenvalue weighted by atomic mass is 16.5. The van der Waals surface area contributed by atoms with E-state index in [2.05, 4.69) is 25.2 Å². The van der Waals surface area contributed by atoms with Gasteiger partial charge in [0, 0.05) is 31.7 Å². The van der Waals surface area contributed by atoms with Crippen molar-refractivity contribution in [3.63, 3.8) is 0 Å². The van der Waals surface area contributed by atoms with Crippen LogP contribution in [0.15, 0.2) is 36.9 Å². The molecule has 2 saturated heterocycles. The van der Waals surface area contributed by atoms with Crippen molar-refractivity contribution in [2.45, 2.75) is 25.6 Å². The standard InChI is InChI=1S/C17H19N5O2/c1-11-6-19-17(20-7-11)22-9-13-5-14(15(10-22)24-13)16(23)21-12-3-2-4-18-8-12/h2-4,6-8,13-15H,5,9-10H2,1H3,(H,21,23)/t13-,14+,15-/m1/s1. The number of fused-ring (bicyclic) bond motifs is 2. The lowest BCUT2D eigenvalue weighted by Gasteiger charge is -2.32. The van der Waals surface area contributed by atoms with Crippen LogP contribution in [0.3, 0.4) is 0 Å². The molecule has 0 aliphatic carbocycles. The van der Waals surface area contributed by atoms with Crippen LogP contribution in [-0.2, 0) is 9.53 Å². The SMILES string of the molecule is Cc1cnc(N2C[C@H]3C[C@H](C(=O)Nc4cccnc4)[C@@H](C2)O3)nc1. The summed E-state index contributed by atoms with van der Waals surface area (Å²) in [6.45, 7) is 3.31. The fraction of sp³-hybridized carbons (Fsp3) is 0.412. The summed E-state index contributed by atoms with van der Waals surface area (Å²) in [5.41, 5.74) is 1.74. The zero-order valence-corrected chi connectivity index (χ0v) is 13.4. The molecule has 24 heavy (non-hydrogen) atoms. The number of nitrogens with one attached hydrogen (secondary N) is 1. The molecule has 2 aromatic heterocycles. The zero-order chi connectivity index (χ0) is 16.5. The van der Waals surface area contributed by atoms with Gasteiger partial charge >= 0.3 is 0 Å². The molecule has 0 saturated carbocycles. The molecule has 2 aliphatic rings. The summed E-state index contributed by atoms with van der Waals surface area (Å²) < 4.78 is 5.97. The molecular weight excluding hydrogens is 306 g/mol. The number of ether oxygens (including phenoxy) is 1. The number of morpholine rings is 1. The van der Waals surface area contributed by atoms with Gasteiger partial charge in [0.15, 0.2) is 0 Å². The Morgan fingerprint density at radius 3 is 2.88 bits per heavy atom. The predicted octanol–water partition coefficient (Wildman–Crippen LogP) is 1.41. The smallest absolute Gasteiger partial charge is 0.230 e. The number of anilines is 2. The Morgan fingerprint density at radius 1 is 1.29 bits per heavy atom. The summed E-state index contributed by atoms with van der Waals surface area (Å²) in [5.74, 6) is 0.528. The number of nitrogens with zero attached hydrogens (tertiary/aromatic N) is 4. The quantitative estimate of drug-likeness (QED) is 0.919. The van der Waals surface area contributed by atoms with Gasteiger partial charge in [-0.1, -0.05) is 0 Å². The summed E-state index contributed by atoms with van der Waals surface area (Å²) >= 11 is 0. The summed E-state index contributed by atoms with van der Waals surface area (Å²) in [7, 11) is 0. The van der Waals surface area contributed by atoms with Crippen molar-refractivity contribution in [2.24, 2.45) is 5.92 Å². The maximum atomic E-state index is 12.6. The van der Waals surface area contributed by atoms with Crippen LogP contribution in [0.4, 0.5) is 11.6 Å². The van der Waals surface area contributed by atoms with Gasteiger partial charge in [-0.25, -0.2) is 9.97 Å². The molecule has 0 aromatic carbocycles. The number of carbonyl (C=O) groups excluding carboxylic acids is 1. The molecule has 124 valence electrons. The van der Waals surface area contributed by atoms with E-state index in [0.29, 0.717) is 18.2 Å². The minimum atomic E-state index is -0.161. The topological polar surface area (TPSA) is 80.2 Å². The Morgan fingerprint density at radius 2 is 2.12 bits per heavy atom. The van der Waals surface area contributed by atoms with Gasteiger partial charge in [0.05, 0.1) is 30.0 Å². The number of carbonyl (C=O) groups is 1. The zero-order valence-electron chi connectivity index (χ0n) is 13.4. The van der Waals surface area contributed by atoms with Crippen molar-refractivity contribution in [3.8, 4) is 0 Å². The monoisotopic (exact) mass is 325 g/mol. The van der Waals surface area contributed by atoms with E-state index in [-0.39, 0.29) is 24.0 Å². The number of hydrogen-bond acceptors (Lipinski definition) is 6. The molecule has 2 aliphatic heterocycles. The van der Waals surface area contributed by atoms with E-state index in [9.17, 15) is 4.79 Å². The van der Waals surface area contributed by atoms with E-state index in [1.807, 2.05) is 25.4 Å². The minimum Gasteiger partial charge on any atom is -0.370 e. The van der Waals surface area contributed by atoms with Crippen molar-refractivity contribution in [3.05, 3.63) is 42.5 Å². The van der Waals surface area contributed by atoms with Gasteiger partial charge in [-0.3, -0.25) is 9.78 Å². The predicted molar refractivity (Wildman–Crippen MR) is 88.6 cm³/mol. The third kappa shape index (κ3) is 2.94. The minimum absolute atomic E-state index is 0.0119. The lowest BCUT2D eigenvalue weighted by atomic mass is 9.99. The van der Waals surface area contributed by atoms with E-state index in [1.165, 1.54) is 0 Å². The van der Waals surface area contributed by atoms with Gasteiger partial charge in [0.2, 0.25) is 11.9 Å². The number of aromatic nitrogens is 3. The number of pyridine rings is 1. The molecule has 1 amide bonds. The Balaban J connectivity index is 1.45. The summed E-state index contributed by atoms with van der Waals surface area (Å²) in [4.78, 5) is 27.5. The van der Waals surface area contributed by atoms with Crippen molar-refractivity contribution >= 4 is 17.5 Å². The highest BCUT2D eigenvalue weighted by Gasteiger charge is 2.45. The molecule has 1 N–H and O–H groups in total. The molecule has 0 unspecified atom stereocenters. The maximum absolute atomic E-state index is 12.6. The van der Waals surface area contributed by atoms with Crippen molar-refractivity contribution in [1.29, 1.82) is 0 Å². The molecule has 0 spiro atoms. The van der Waals surface area contributed by atoms with Gasteiger partial charge in [-0.05, 0) is 31.0 Å². The first-order chi connectivity index (χ1) is 11.7. The summed E-state index contributed by atoms with van der Waals surface area (Å²) in [6.07, 6.45) is 7.58. The average molecular weight is 325 g/mol. The Labute approximate surface area is 140 Å². The van der Waals surface area contributed by atoms with Crippen molar-refractivity contribution in [1.82, 2.24) is 15.0 Å². The van der Waals surface area contributed by atoms with Crippen LogP contribution in [0.1, 0.15) is 12.0 Å². The maximum Gasteiger partial charge on any atom is 0.230 e. The summed E-state index contributed by atoms with van der Waals surface area (Å²) in [5, 5.41) is 2.93. The Hall–Kier alpha value is -2.54. The molecule has 4 heterocycles. The molecule has 3 atom stereocenters. The van der Waals surface area contributed by atoms with Crippen molar-refractivity contribution in [2.75, 3.05) is 23.3 Å². The average Bonchev–Trinajstić information content (AvgIpc) is 2.90. The van der Waals surface area contributed by atoms with Crippen LogP contribution >= 0.6 is 0 Å². The van der Waals surface area contributed by atoms with Gasteiger partial charge in [0.1, 0.15) is 0 Å². The van der Waals surface area contributed by atoms with Crippen LogP contribution in [0.2, 0.25) is 0 Å². The highest BCUT2D eigenvalue weighted by molar-refractivity contribution is 5.93. The first-order valence-electron chi connectivity index (χ1n) is 8.09. The normalized spacial score (nSPS) is 25.5. The number of hydrogen-bond donors (Lipinski definition) is 1. The second-order valence-corrected chi connectivity index (χ2v) is 6.34. The molecule has 7 heteroatoms. The lowest BCUT2D eigenvalue weighted by molar-refractivity contribution is -0.121. The fourth-order valence-corrected chi connectivity index (χ4v) is 3.32. The second kappa shape index (κ2) is 6.16. The largest absolute Gasteiger partial charge is 0.370 e. The third-order valence-corrected chi connectivity index (χ3v) is 4.47. The Bertz CT molecular complexity index is 722.